The molecule has 0 unspecified atom stereocenters. The summed E-state index contributed by atoms with van der Waals surface area (Å²) in [6, 6.07) is 12.0. The minimum Gasteiger partial charge on any atom is -0.489 e. The average molecular weight is 231 g/mol. The molecule has 0 aromatic heterocycles. The molecule has 0 heterocycles. The Labute approximate surface area is 99.8 Å². The second-order valence-corrected chi connectivity index (χ2v) is 3.91. The molecular formula is C14H14FNO. The largest absolute Gasteiger partial charge is 0.489 e. The van der Waals surface area contributed by atoms with Gasteiger partial charge in [-0.05, 0) is 36.8 Å². The fourth-order valence-corrected chi connectivity index (χ4v) is 1.61. The molecule has 0 aliphatic carbocycles. The molecule has 17 heavy (non-hydrogen) atoms. The van der Waals surface area contributed by atoms with Crippen molar-refractivity contribution in [3.63, 3.8) is 0 Å². The number of ether oxygens (including phenoxy) is 1. The summed E-state index contributed by atoms with van der Waals surface area (Å²) in [7, 11) is 0. The van der Waals surface area contributed by atoms with E-state index in [9.17, 15) is 4.39 Å². The lowest BCUT2D eigenvalue weighted by molar-refractivity contribution is 0.298. The number of hydrogen-bond acceptors (Lipinski definition) is 2. The Kier molecular flexibility index (Phi) is 3.28. The maximum Gasteiger partial charge on any atom is 0.129 e. The lowest BCUT2D eigenvalue weighted by atomic mass is 10.2. The number of hydrogen-bond donors (Lipinski definition) is 1. The molecule has 0 saturated carbocycles. The van der Waals surface area contributed by atoms with Crippen molar-refractivity contribution in [3.05, 3.63) is 59.4 Å². The molecule has 2 aromatic carbocycles. The lowest BCUT2D eigenvalue weighted by Crippen LogP contribution is -1.99. The van der Waals surface area contributed by atoms with Crippen LogP contribution in [-0.4, -0.2) is 0 Å². The molecule has 0 saturated heterocycles. The first-order valence-corrected chi connectivity index (χ1v) is 5.39. The van der Waals surface area contributed by atoms with Crippen LogP contribution in [0.1, 0.15) is 11.1 Å². The number of nitrogens with two attached hydrogens (primary N) is 1. The van der Waals surface area contributed by atoms with Gasteiger partial charge in [0.1, 0.15) is 18.2 Å². The Hall–Kier alpha value is -2.03. The second kappa shape index (κ2) is 4.87. The monoisotopic (exact) mass is 231 g/mol. The molecule has 0 aliphatic rings. The zero-order valence-electron chi connectivity index (χ0n) is 9.61. The van der Waals surface area contributed by atoms with Crippen LogP contribution in [0.4, 0.5) is 10.1 Å². The van der Waals surface area contributed by atoms with E-state index in [1.165, 1.54) is 6.07 Å². The molecule has 2 rings (SSSR count). The summed E-state index contributed by atoms with van der Waals surface area (Å²) in [5.41, 5.74) is 7.83. The molecule has 88 valence electrons. The van der Waals surface area contributed by atoms with Crippen LogP contribution in [0.5, 0.6) is 5.75 Å². The third-order valence-corrected chi connectivity index (χ3v) is 2.54. The Morgan fingerprint density at radius 1 is 1.18 bits per heavy atom. The molecule has 2 nitrogen and oxygen atoms in total. The van der Waals surface area contributed by atoms with E-state index in [4.69, 9.17) is 10.5 Å². The highest BCUT2D eigenvalue weighted by molar-refractivity contribution is 5.47. The van der Waals surface area contributed by atoms with Crippen molar-refractivity contribution < 1.29 is 9.13 Å². The van der Waals surface area contributed by atoms with Gasteiger partial charge < -0.3 is 10.5 Å². The van der Waals surface area contributed by atoms with Crippen molar-refractivity contribution in [1.82, 2.24) is 0 Å². The summed E-state index contributed by atoms with van der Waals surface area (Å²) < 4.78 is 18.9. The van der Waals surface area contributed by atoms with Gasteiger partial charge in [-0.2, -0.15) is 0 Å². The van der Waals surface area contributed by atoms with Gasteiger partial charge in [0.15, 0.2) is 0 Å². The summed E-state index contributed by atoms with van der Waals surface area (Å²) in [5.74, 6) is 0.475. The highest BCUT2D eigenvalue weighted by atomic mass is 19.1. The standard InChI is InChI=1S/C14H14FNO/c1-10-8-12(16)6-7-14(10)17-9-11-4-2-3-5-13(11)15/h2-8H,9,16H2,1H3. The molecule has 0 aliphatic heterocycles. The lowest BCUT2D eigenvalue weighted by Gasteiger charge is -2.10. The fourth-order valence-electron chi connectivity index (χ4n) is 1.61. The van der Waals surface area contributed by atoms with Crippen molar-refractivity contribution in [2.75, 3.05) is 5.73 Å². The molecule has 0 amide bonds. The van der Waals surface area contributed by atoms with Crippen LogP contribution in [0.3, 0.4) is 0 Å². The van der Waals surface area contributed by atoms with Gasteiger partial charge in [-0.3, -0.25) is 0 Å². The van der Waals surface area contributed by atoms with Crippen LogP contribution < -0.4 is 10.5 Å². The van der Waals surface area contributed by atoms with E-state index in [1.54, 1.807) is 30.3 Å². The van der Waals surface area contributed by atoms with E-state index in [0.717, 1.165) is 11.3 Å². The van der Waals surface area contributed by atoms with E-state index in [-0.39, 0.29) is 12.4 Å². The molecule has 0 radical (unpaired) electrons. The quantitative estimate of drug-likeness (QED) is 0.822. The summed E-state index contributed by atoms with van der Waals surface area (Å²) in [5, 5.41) is 0. The van der Waals surface area contributed by atoms with Crippen molar-refractivity contribution in [1.29, 1.82) is 0 Å². The minimum absolute atomic E-state index is 0.220. The molecule has 2 aromatic rings. The number of benzene rings is 2. The van der Waals surface area contributed by atoms with Gasteiger partial charge in [0, 0.05) is 11.3 Å². The number of rotatable bonds is 3. The van der Waals surface area contributed by atoms with E-state index >= 15 is 0 Å². The number of anilines is 1. The smallest absolute Gasteiger partial charge is 0.129 e. The Balaban J connectivity index is 2.10. The summed E-state index contributed by atoms with van der Waals surface area (Å²) >= 11 is 0. The van der Waals surface area contributed by atoms with Gasteiger partial charge >= 0.3 is 0 Å². The third-order valence-electron chi connectivity index (χ3n) is 2.54. The third kappa shape index (κ3) is 2.75. The van der Waals surface area contributed by atoms with Gasteiger partial charge in [0.2, 0.25) is 0 Å². The van der Waals surface area contributed by atoms with Crippen LogP contribution in [0.15, 0.2) is 42.5 Å². The van der Waals surface area contributed by atoms with Crippen molar-refractivity contribution in [2.24, 2.45) is 0 Å². The predicted molar refractivity (Wildman–Crippen MR) is 66.3 cm³/mol. The van der Waals surface area contributed by atoms with Gasteiger partial charge in [-0.1, -0.05) is 18.2 Å². The van der Waals surface area contributed by atoms with E-state index < -0.39 is 0 Å². The molecule has 2 N–H and O–H groups in total. The first kappa shape index (κ1) is 11.5. The Morgan fingerprint density at radius 3 is 2.65 bits per heavy atom. The molecule has 0 fully saturated rings. The topological polar surface area (TPSA) is 35.2 Å². The maximum absolute atomic E-state index is 13.4. The Bertz CT molecular complexity index is 525. The van der Waals surface area contributed by atoms with Crippen molar-refractivity contribution >= 4 is 5.69 Å². The first-order chi connectivity index (χ1) is 8.16. The predicted octanol–water partition coefficient (Wildman–Crippen LogP) is 3.30. The van der Waals surface area contributed by atoms with Gasteiger partial charge in [0.25, 0.3) is 0 Å². The average Bonchev–Trinajstić information content (AvgIpc) is 2.30. The molecule has 0 atom stereocenters. The number of aryl methyl sites for hydroxylation is 1. The number of halogens is 1. The molecule has 3 heteroatoms. The van der Waals surface area contributed by atoms with Crippen molar-refractivity contribution in [3.8, 4) is 5.75 Å². The first-order valence-electron chi connectivity index (χ1n) is 5.39. The van der Waals surface area contributed by atoms with Gasteiger partial charge in [-0.15, -0.1) is 0 Å². The highest BCUT2D eigenvalue weighted by Gasteiger charge is 2.03. The van der Waals surface area contributed by atoms with Crippen LogP contribution in [0.25, 0.3) is 0 Å². The van der Waals surface area contributed by atoms with Crippen molar-refractivity contribution in [2.45, 2.75) is 13.5 Å². The molecule has 0 spiro atoms. The van der Waals surface area contributed by atoms with Crippen LogP contribution >= 0.6 is 0 Å². The normalized spacial score (nSPS) is 10.2. The minimum atomic E-state index is -0.249. The van der Waals surface area contributed by atoms with E-state index in [0.29, 0.717) is 11.3 Å². The summed E-state index contributed by atoms with van der Waals surface area (Å²) in [6.07, 6.45) is 0. The van der Waals surface area contributed by atoms with Crippen LogP contribution in [0.2, 0.25) is 0 Å². The maximum atomic E-state index is 13.4. The van der Waals surface area contributed by atoms with Crippen LogP contribution in [0, 0.1) is 12.7 Å². The summed E-state index contributed by atoms with van der Waals surface area (Å²) in [6.45, 7) is 2.13. The zero-order valence-corrected chi connectivity index (χ0v) is 9.61. The molecule has 0 bridgehead atoms. The Morgan fingerprint density at radius 2 is 1.94 bits per heavy atom. The second-order valence-electron chi connectivity index (χ2n) is 3.91. The fraction of sp³-hybridized carbons (Fsp3) is 0.143. The van der Waals surface area contributed by atoms with E-state index in [2.05, 4.69) is 0 Å². The van der Waals surface area contributed by atoms with Gasteiger partial charge in [-0.25, -0.2) is 4.39 Å². The van der Waals surface area contributed by atoms with Gasteiger partial charge in [0.05, 0.1) is 0 Å². The zero-order chi connectivity index (χ0) is 12.3. The SMILES string of the molecule is Cc1cc(N)ccc1OCc1ccccc1F. The summed E-state index contributed by atoms with van der Waals surface area (Å²) in [4.78, 5) is 0. The highest BCUT2D eigenvalue weighted by Crippen LogP contribution is 2.21. The molecular weight excluding hydrogens is 217 g/mol. The van der Waals surface area contributed by atoms with E-state index in [1.807, 2.05) is 13.0 Å². The van der Waals surface area contributed by atoms with Crippen LogP contribution in [-0.2, 0) is 6.61 Å². The number of nitrogen functional groups attached to an aromatic ring is 1.